The summed E-state index contributed by atoms with van der Waals surface area (Å²) in [5.74, 6) is 0.760. The predicted molar refractivity (Wildman–Crippen MR) is 82.9 cm³/mol. The number of aryl methyl sites for hydroxylation is 1. The zero-order valence-corrected chi connectivity index (χ0v) is 12.8. The minimum Gasteiger partial charge on any atom is -0.297 e. The number of nitrogens with zero attached hydrogens (tertiary/aromatic N) is 1. The highest BCUT2D eigenvalue weighted by molar-refractivity contribution is 9.10. The van der Waals surface area contributed by atoms with Crippen molar-refractivity contribution in [3.05, 3.63) is 58.1 Å². The third kappa shape index (κ3) is 2.30. The van der Waals surface area contributed by atoms with Crippen LogP contribution < -0.4 is 4.90 Å². The topological polar surface area (TPSA) is 20.3 Å². The van der Waals surface area contributed by atoms with Gasteiger partial charge in [0.2, 0.25) is 0 Å². The molecule has 0 saturated heterocycles. The fraction of sp³-hybridized carbons (Fsp3) is 0.133. The van der Waals surface area contributed by atoms with Gasteiger partial charge in [0.15, 0.2) is 0 Å². The van der Waals surface area contributed by atoms with Crippen molar-refractivity contribution in [1.29, 1.82) is 0 Å². The van der Waals surface area contributed by atoms with Crippen molar-refractivity contribution >= 4 is 39.3 Å². The Bertz CT molecular complexity index is 656. The van der Waals surface area contributed by atoms with Crippen molar-refractivity contribution in [1.82, 2.24) is 0 Å². The first kappa shape index (κ1) is 12.8. The average molecular weight is 334 g/mol. The van der Waals surface area contributed by atoms with Crippen molar-refractivity contribution < 1.29 is 4.79 Å². The maximum Gasteiger partial charge on any atom is 0.259 e. The highest BCUT2D eigenvalue weighted by Gasteiger charge is 2.26. The second kappa shape index (κ2) is 5.02. The number of rotatable bonds is 1. The summed E-state index contributed by atoms with van der Waals surface area (Å²) in [7, 11) is 0. The summed E-state index contributed by atoms with van der Waals surface area (Å²) in [5.41, 5.74) is 2.77. The molecule has 0 aliphatic carbocycles. The van der Waals surface area contributed by atoms with Crippen molar-refractivity contribution in [3.8, 4) is 0 Å². The normalized spacial score (nSPS) is 13.5. The fourth-order valence-corrected chi connectivity index (χ4v) is 3.69. The highest BCUT2D eigenvalue weighted by atomic mass is 79.9. The summed E-state index contributed by atoms with van der Waals surface area (Å²) in [6, 6.07) is 13.8. The van der Waals surface area contributed by atoms with Crippen LogP contribution in [-0.4, -0.2) is 11.8 Å². The maximum atomic E-state index is 12.6. The molecule has 1 aliphatic rings. The number of fused-ring (bicyclic) bond motifs is 1. The number of carbonyl (C=O) groups is 1. The lowest BCUT2D eigenvalue weighted by Gasteiger charge is -2.17. The highest BCUT2D eigenvalue weighted by Crippen LogP contribution is 2.39. The van der Waals surface area contributed by atoms with E-state index >= 15 is 0 Å². The molecule has 0 fully saturated rings. The minimum atomic E-state index is 0.0717. The van der Waals surface area contributed by atoms with E-state index in [0.717, 1.165) is 21.3 Å². The molecule has 2 aromatic rings. The molecule has 0 spiro atoms. The van der Waals surface area contributed by atoms with Crippen molar-refractivity contribution in [2.75, 3.05) is 10.8 Å². The molecule has 0 saturated carbocycles. The zero-order chi connectivity index (χ0) is 13.4. The van der Waals surface area contributed by atoms with E-state index in [4.69, 9.17) is 0 Å². The molecule has 1 heterocycles. The number of benzene rings is 2. The maximum absolute atomic E-state index is 12.6. The molecular weight excluding hydrogens is 322 g/mol. The Labute approximate surface area is 124 Å². The van der Waals surface area contributed by atoms with Gasteiger partial charge in [0, 0.05) is 14.9 Å². The molecule has 3 rings (SSSR count). The fourth-order valence-electron chi connectivity index (χ4n) is 2.19. The van der Waals surface area contributed by atoms with Crippen LogP contribution in [-0.2, 0) is 0 Å². The van der Waals surface area contributed by atoms with Crippen LogP contribution in [0.4, 0.5) is 5.69 Å². The number of halogens is 1. The summed E-state index contributed by atoms with van der Waals surface area (Å²) in [4.78, 5) is 15.7. The first-order valence-corrected chi connectivity index (χ1v) is 7.74. The molecule has 2 aromatic carbocycles. The standard InChI is InChI=1S/C15H12BrNOS/c1-10-8-11(16)6-7-12(10)15(18)17-9-19-14-5-3-2-4-13(14)17/h2-8H,9H2,1H3. The first-order chi connectivity index (χ1) is 9.16. The molecule has 0 atom stereocenters. The SMILES string of the molecule is Cc1cc(Br)ccc1C(=O)N1CSc2ccccc21. The molecular formula is C15H12BrNOS. The molecule has 19 heavy (non-hydrogen) atoms. The monoisotopic (exact) mass is 333 g/mol. The number of thioether (sulfide) groups is 1. The van der Waals surface area contributed by atoms with Crippen LogP contribution in [0.5, 0.6) is 0 Å². The van der Waals surface area contributed by atoms with Gasteiger partial charge >= 0.3 is 0 Å². The number of hydrogen-bond donors (Lipinski definition) is 0. The molecule has 96 valence electrons. The summed E-state index contributed by atoms with van der Waals surface area (Å²) < 4.78 is 0.998. The number of hydrogen-bond acceptors (Lipinski definition) is 2. The van der Waals surface area contributed by atoms with Gasteiger partial charge in [0.25, 0.3) is 5.91 Å². The van der Waals surface area contributed by atoms with Gasteiger partial charge in [-0.05, 0) is 42.8 Å². The Kier molecular flexibility index (Phi) is 3.37. The lowest BCUT2D eigenvalue weighted by Crippen LogP contribution is -2.28. The average Bonchev–Trinajstić information content (AvgIpc) is 2.82. The molecule has 0 bridgehead atoms. The molecule has 1 aliphatic heterocycles. The summed E-state index contributed by atoms with van der Waals surface area (Å²) >= 11 is 5.13. The summed E-state index contributed by atoms with van der Waals surface area (Å²) in [5, 5.41) is 0. The Balaban J connectivity index is 1.98. The van der Waals surface area contributed by atoms with E-state index in [1.807, 2.05) is 48.2 Å². The summed E-state index contributed by atoms with van der Waals surface area (Å²) in [6.07, 6.45) is 0. The van der Waals surface area contributed by atoms with Crippen LogP contribution >= 0.6 is 27.7 Å². The van der Waals surface area contributed by atoms with Crippen LogP contribution in [0.1, 0.15) is 15.9 Å². The van der Waals surface area contributed by atoms with Gasteiger partial charge in [-0.25, -0.2) is 0 Å². The quantitative estimate of drug-likeness (QED) is 0.767. The van der Waals surface area contributed by atoms with Crippen LogP contribution in [0.15, 0.2) is 51.8 Å². The number of para-hydroxylation sites is 1. The molecule has 0 aromatic heterocycles. The Hall–Kier alpha value is -1.26. The minimum absolute atomic E-state index is 0.0717. The summed E-state index contributed by atoms with van der Waals surface area (Å²) in [6.45, 7) is 1.97. The van der Waals surface area contributed by atoms with Gasteiger partial charge in [-0.15, -0.1) is 11.8 Å². The van der Waals surface area contributed by atoms with E-state index < -0.39 is 0 Å². The third-order valence-electron chi connectivity index (χ3n) is 3.17. The number of carbonyl (C=O) groups excluding carboxylic acids is 1. The molecule has 1 amide bonds. The van der Waals surface area contributed by atoms with E-state index in [1.54, 1.807) is 11.8 Å². The number of anilines is 1. The van der Waals surface area contributed by atoms with Crippen molar-refractivity contribution in [2.24, 2.45) is 0 Å². The van der Waals surface area contributed by atoms with Gasteiger partial charge in [-0.2, -0.15) is 0 Å². The van der Waals surface area contributed by atoms with Crippen molar-refractivity contribution in [3.63, 3.8) is 0 Å². The molecule has 0 N–H and O–H groups in total. The smallest absolute Gasteiger partial charge is 0.259 e. The second-order valence-corrected chi connectivity index (χ2v) is 6.34. The van der Waals surface area contributed by atoms with Crippen molar-refractivity contribution in [2.45, 2.75) is 11.8 Å². The van der Waals surface area contributed by atoms with Gasteiger partial charge in [0.1, 0.15) is 0 Å². The second-order valence-electron chi connectivity index (χ2n) is 4.43. The number of amides is 1. The van der Waals surface area contributed by atoms with E-state index in [0.29, 0.717) is 5.88 Å². The molecule has 0 radical (unpaired) electrons. The van der Waals surface area contributed by atoms with Crippen LogP contribution in [0.3, 0.4) is 0 Å². The van der Waals surface area contributed by atoms with Crippen LogP contribution in [0.2, 0.25) is 0 Å². The Morgan fingerprint density at radius 1 is 1.26 bits per heavy atom. The third-order valence-corrected chi connectivity index (χ3v) is 4.71. The molecule has 0 unspecified atom stereocenters. The van der Waals surface area contributed by atoms with Crippen LogP contribution in [0.25, 0.3) is 0 Å². The van der Waals surface area contributed by atoms with E-state index in [-0.39, 0.29) is 5.91 Å². The largest absolute Gasteiger partial charge is 0.297 e. The predicted octanol–water partition coefficient (Wildman–Crippen LogP) is 4.47. The van der Waals surface area contributed by atoms with E-state index in [9.17, 15) is 4.79 Å². The van der Waals surface area contributed by atoms with Gasteiger partial charge in [-0.3, -0.25) is 9.69 Å². The lowest BCUT2D eigenvalue weighted by molar-refractivity contribution is 0.0991. The Morgan fingerprint density at radius 2 is 2.05 bits per heavy atom. The van der Waals surface area contributed by atoms with Gasteiger partial charge < -0.3 is 0 Å². The van der Waals surface area contributed by atoms with E-state index in [1.165, 1.54) is 4.90 Å². The molecule has 2 nitrogen and oxygen atoms in total. The van der Waals surface area contributed by atoms with Gasteiger partial charge in [-0.1, -0.05) is 28.1 Å². The molecule has 4 heteroatoms. The first-order valence-electron chi connectivity index (χ1n) is 5.96. The van der Waals surface area contributed by atoms with E-state index in [2.05, 4.69) is 22.0 Å². The zero-order valence-electron chi connectivity index (χ0n) is 10.4. The van der Waals surface area contributed by atoms with Gasteiger partial charge in [0.05, 0.1) is 11.6 Å². The lowest BCUT2D eigenvalue weighted by atomic mass is 10.1. The Morgan fingerprint density at radius 3 is 2.84 bits per heavy atom. The van der Waals surface area contributed by atoms with Crippen LogP contribution in [0, 0.1) is 6.92 Å².